The van der Waals surface area contributed by atoms with Gasteiger partial charge in [0.05, 0.1) is 6.21 Å². The first-order valence-electron chi connectivity index (χ1n) is 7.50. The van der Waals surface area contributed by atoms with E-state index in [9.17, 15) is 0 Å². The first-order valence-corrected chi connectivity index (χ1v) is 8.57. The highest BCUT2D eigenvalue weighted by atomic mass is 35.5. The molecule has 130 valence electrons. The van der Waals surface area contributed by atoms with Crippen LogP contribution in [-0.2, 0) is 0 Å². The van der Waals surface area contributed by atoms with Crippen LogP contribution in [0.4, 0.5) is 11.6 Å². The molecule has 2 rings (SSSR count). The van der Waals surface area contributed by atoms with Crippen LogP contribution in [0, 0.1) is 13.8 Å². The third-order valence-corrected chi connectivity index (χ3v) is 3.90. The van der Waals surface area contributed by atoms with Crippen LogP contribution in [-0.4, -0.2) is 45.9 Å². The molecule has 3 N–H and O–H groups in total. The van der Waals surface area contributed by atoms with E-state index in [4.69, 9.17) is 29.0 Å². The van der Waals surface area contributed by atoms with Gasteiger partial charge in [-0.1, -0.05) is 6.07 Å². The lowest BCUT2D eigenvalue weighted by Crippen LogP contribution is -2.27. The molecule has 7 nitrogen and oxygen atoms in total. The summed E-state index contributed by atoms with van der Waals surface area (Å²) in [7, 11) is 0. The number of nitrogen functional groups attached to an aromatic ring is 1. The van der Waals surface area contributed by atoms with Gasteiger partial charge < -0.3 is 10.7 Å². The number of nitrogens with zero attached hydrogens (tertiary/aromatic N) is 5. The number of hydrazone groups is 1. The molecule has 0 atom stereocenters. The molecule has 0 unspecified atom stereocenters. The Labute approximate surface area is 151 Å². The Balaban J connectivity index is 2.08. The quantitative estimate of drug-likeness (QED) is 0.323. The molecular formula is C15H21Cl2N7. The molecule has 0 aliphatic carbocycles. The minimum absolute atomic E-state index is 0.383. The molecule has 1 aromatic carbocycles. The molecule has 0 amide bonds. The van der Waals surface area contributed by atoms with E-state index in [0.29, 0.717) is 23.5 Å². The largest absolute Gasteiger partial charge is 0.369 e. The summed E-state index contributed by atoms with van der Waals surface area (Å²) >= 11 is 11.7. The summed E-state index contributed by atoms with van der Waals surface area (Å²) in [6.45, 7) is 5.31. The number of anilines is 2. The van der Waals surface area contributed by atoms with Crippen molar-refractivity contribution in [2.45, 2.75) is 13.8 Å². The Hall–Kier alpha value is -1.99. The smallest absolute Gasteiger partial charge is 0.263 e. The number of hydrogen-bond donors (Lipinski definition) is 2. The zero-order valence-electron chi connectivity index (χ0n) is 13.7. The topological polar surface area (TPSA) is 84.4 Å². The number of hydrogen-bond acceptors (Lipinski definition) is 6. The first-order chi connectivity index (χ1) is 11.6. The fraction of sp³-hybridized carbons (Fsp3) is 0.400. The fourth-order valence-electron chi connectivity index (χ4n) is 2.18. The normalized spacial score (nSPS) is 11.2. The van der Waals surface area contributed by atoms with Gasteiger partial charge >= 0.3 is 0 Å². The highest BCUT2D eigenvalue weighted by molar-refractivity contribution is 6.18. The van der Waals surface area contributed by atoms with Crippen molar-refractivity contribution >= 4 is 41.1 Å². The van der Waals surface area contributed by atoms with Gasteiger partial charge in [0, 0.05) is 30.5 Å². The third-order valence-electron chi connectivity index (χ3n) is 3.56. The molecule has 2 aromatic rings. The van der Waals surface area contributed by atoms with E-state index in [-0.39, 0.29) is 0 Å². The van der Waals surface area contributed by atoms with Gasteiger partial charge in [-0.25, -0.2) is 10.1 Å². The van der Waals surface area contributed by atoms with Crippen LogP contribution in [0.3, 0.4) is 0 Å². The number of nitrogens with one attached hydrogen (secondary N) is 1. The van der Waals surface area contributed by atoms with Gasteiger partial charge in [0.2, 0.25) is 0 Å². The molecule has 9 heteroatoms. The molecule has 0 spiro atoms. The Kier molecular flexibility index (Phi) is 6.69. The average Bonchev–Trinajstić information content (AvgIpc) is 2.88. The summed E-state index contributed by atoms with van der Waals surface area (Å²) in [5.41, 5.74) is 5.95. The summed E-state index contributed by atoms with van der Waals surface area (Å²) in [5.74, 6) is 7.85. The number of alkyl halides is 2. The monoisotopic (exact) mass is 369 g/mol. The summed E-state index contributed by atoms with van der Waals surface area (Å²) in [4.78, 5) is 2.16. The SMILES string of the molecule is Cc1cc(N(CCCl)CCCl)ccc1/C=N\Nc1nnc(C)n1N. The maximum Gasteiger partial charge on any atom is 0.263 e. The minimum Gasteiger partial charge on any atom is -0.369 e. The van der Waals surface area contributed by atoms with Crippen LogP contribution in [0.25, 0.3) is 0 Å². The van der Waals surface area contributed by atoms with Gasteiger partial charge in [0.15, 0.2) is 5.82 Å². The lowest BCUT2D eigenvalue weighted by atomic mass is 10.1. The van der Waals surface area contributed by atoms with Crippen molar-refractivity contribution in [2.75, 3.05) is 41.0 Å². The van der Waals surface area contributed by atoms with Crippen LogP contribution in [0.1, 0.15) is 17.0 Å². The Bertz CT molecular complexity index is 693. The second-order valence-electron chi connectivity index (χ2n) is 5.22. The van der Waals surface area contributed by atoms with E-state index in [1.807, 2.05) is 19.1 Å². The van der Waals surface area contributed by atoms with Gasteiger partial charge in [0.25, 0.3) is 5.95 Å². The van der Waals surface area contributed by atoms with E-state index in [1.54, 1.807) is 13.1 Å². The van der Waals surface area contributed by atoms with Gasteiger partial charge in [0.1, 0.15) is 0 Å². The zero-order valence-corrected chi connectivity index (χ0v) is 15.2. The summed E-state index contributed by atoms with van der Waals surface area (Å²) in [6.07, 6.45) is 1.72. The molecule has 0 bridgehead atoms. The van der Waals surface area contributed by atoms with Gasteiger partial charge in [-0.3, -0.25) is 0 Å². The summed E-state index contributed by atoms with van der Waals surface area (Å²) in [5, 5.41) is 11.9. The standard InChI is InChI=1S/C15H21Cl2N7/c1-11-9-14(23(7-5-16)8-6-17)4-3-13(11)10-19-21-15-22-20-12(2)24(15)18/h3-4,9-10H,5-8,18H2,1-2H3,(H,21,22)/b19-10-. The number of halogens is 2. The molecule has 0 fully saturated rings. The second-order valence-corrected chi connectivity index (χ2v) is 5.97. The summed E-state index contributed by atoms with van der Waals surface area (Å²) < 4.78 is 1.34. The van der Waals surface area contributed by atoms with E-state index >= 15 is 0 Å². The molecule has 0 aliphatic heterocycles. The predicted octanol–water partition coefficient (Wildman–Crippen LogP) is 2.34. The lowest BCUT2D eigenvalue weighted by molar-refractivity contribution is 0.873. The number of nitrogens with two attached hydrogens (primary N) is 1. The lowest BCUT2D eigenvalue weighted by Gasteiger charge is -2.23. The van der Waals surface area contributed by atoms with Crippen molar-refractivity contribution in [1.82, 2.24) is 14.9 Å². The molecule has 24 heavy (non-hydrogen) atoms. The Morgan fingerprint density at radius 2 is 1.96 bits per heavy atom. The Morgan fingerprint density at radius 1 is 1.25 bits per heavy atom. The van der Waals surface area contributed by atoms with Crippen LogP contribution >= 0.6 is 23.2 Å². The van der Waals surface area contributed by atoms with Crippen LogP contribution in [0.2, 0.25) is 0 Å². The van der Waals surface area contributed by atoms with Crippen molar-refractivity contribution in [2.24, 2.45) is 5.10 Å². The molecular weight excluding hydrogens is 349 g/mol. The number of rotatable bonds is 8. The van der Waals surface area contributed by atoms with Crippen LogP contribution < -0.4 is 16.2 Å². The molecule has 0 saturated carbocycles. The van der Waals surface area contributed by atoms with Crippen LogP contribution in [0.15, 0.2) is 23.3 Å². The van der Waals surface area contributed by atoms with Crippen LogP contribution in [0.5, 0.6) is 0 Å². The van der Waals surface area contributed by atoms with E-state index in [2.05, 4.69) is 31.7 Å². The first kappa shape index (κ1) is 18.4. The van der Waals surface area contributed by atoms with Crippen molar-refractivity contribution < 1.29 is 0 Å². The van der Waals surface area contributed by atoms with Crippen molar-refractivity contribution in [3.8, 4) is 0 Å². The van der Waals surface area contributed by atoms with Gasteiger partial charge in [-0.2, -0.15) is 5.10 Å². The summed E-state index contributed by atoms with van der Waals surface area (Å²) in [6, 6.07) is 6.13. The third kappa shape index (κ3) is 4.52. The average molecular weight is 370 g/mol. The fourth-order valence-corrected chi connectivity index (χ4v) is 2.59. The van der Waals surface area contributed by atoms with Crippen molar-refractivity contribution in [3.05, 3.63) is 35.2 Å². The molecule has 1 heterocycles. The Morgan fingerprint density at radius 3 is 2.50 bits per heavy atom. The van der Waals surface area contributed by atoms with E-state index in [0.717, 1.165) is 29.9 Å². The minimum atomic E-state index is 0.383. The highest BCUT2D eigenvalue weighted by Gasteiger charge is 2.07. The van der Waals surface area contributed by atoms with Crippen molar-refractivity contribution in [3.63, 3.8) is 0 Å². The maximum atomic E-state index is 5.86. The number of aromatic nitrogens is 3. The number of aryl methyl sites for hydroxylation is 2. The van der Waals surface area contributed by atoms with Crippen molar-refractivity contribution in [1.29, 1.82) is 0 Å². The highest BCUT2D eigenvalue weighted by Crippen LogP contribution is 2.18. The zero-order chi connectivity index (χ0) is 17.5. The van der Waals surface area contributed by atoms with Gasteiger partial charge in [-0.05, 0) is 37.1 Å². The molecule has 0 saturated heterocycles. The molecule has 0 aliphatic rings. The molecule has 0 radical (unpaired) electrons. The van der Waals surface area contributed by atoms with Gasteiger partial charge in [-0.15, -0.1) is 33.4 Å². The van der Waals surface area contributed by atoms with E-state index in [1.165, 1.54) is 4.68 Å². The second kappa shape index (κ2) is 8.75. The molecule has 1 aromatic heterocycles. The number of benzene rings is 1. The maximum absolute atomic E-state index is 5.86. The van der Waals surface area contributed by atoms with E-state index < -0.39 is 0 Å². The predicted molar refractivity (Wildman–Crippen MR) is 101 cm³/mol.